The Balaban J connectivity index is 1.60. The predicted molar refractivity (Wildman–Crippen MR) is 107 cm³/mol. The molecule has 2 aromatic carbocycles. The summed E-state index contributed by atoms with van der Waals surface area (Å²) in [5.41, 5.74) is 4.63. The van der Waals surface area contributed by atoms with Crippen molar-refractivity contribution in [2.45, 2.75) is 33.2 Å². The highest BCUT2D eigenvalue weighted by molar-refractivity contribution is 9.10. The summed E-state index contributed by atoms with van der Waals surface area (Å²) in [4.78, 5) is 15.1. The van der Waals surface area contributed by atoms with E-state index in [2.05, 4.69) is 70.3 Å². The average molecular weight is 401 g/mol. The molecule has 0 bridgehead atoms. The number of rotatable bonds is 4. The second-order valence-corrected chi connectivity index (χ2v) is 7.91. The van der Waals surface area contributed by atoms with Crippen molar-refractivity contribution in [2.24, 2.45) is 5.92 Å². The van der Waals surface area contributed by atoms with Gasteiger partial charge in [-0.1, -0.05) is 34.1 Å². The molecule has 0 spiro atoms. The summed E-state index contributed by atoms with van der Waals surface area (Å²) >= 11 is 3.53. The number of halogens is 1. The van der Waals surface area contributed by atoms with Gasteiger partial charge in [-0.05, 0) is 74.2 Å². The predicted octanol–water partition coefficient (Wildman–Crippen LogP) is 4.92. The topological polar surface area (TPSA) is 32.3 Å². The lowest BCUT2D eigenvalue weighted by molar-refractivity contribution is -0.121. The van der Waals surface area contributed by atoms with Crippen LogP contribution in [0.1, 0.15) is 29.5 Å². The average Bonchev–Trinajstić information content (AvgIpc) is 2.58. The molecule has 1 atom stereocenters. The highest BCUT2D eigenvalue weighted by Gasteiger charge is 2.25. The van der Waals surface area contributed by atoms with Gasteiger partial charge in [0.25, 0.3) is 0 Å². The molecule has 2 aromatic rings. The summed E-state index contributed by atoms with van der Waals surface area (Å²) in [5, 5.41) is 3.10. The van der Waals surface area contributed by atoms with Gasteiger partial charge in [0.15, 0.2) is 0 Å². The molecular weight excluding hydrogens is 376 g/mol. The van der Waals surface area contributed by atoms with Crippen LogP contribution in [0.4, 0.5) is 5.69 Å². The molecule has 25 heavy (non-hydrogen) atoms. The Morgan fingerprint density at radius 2 is 2.04 bits per heavy atom. The SMILES string of the molecule is Cc1ccc(NC(=O)C2CCCN(Cc3cccc(Br)c3)C2)cc1C. The third-order valence-corrected chi connectivity index (χ3v) is 5.44. The largest absolute Gasteiger partial charge is 0.326 e. The summed E-state index contributed by atoms with van der Waals surface area (Å²) in [7, 11) is 0. The van der Waals surface area contributed by atoms with Crippen LogP contribution < -0.4 is 5.32 Å². The standard InChI is InChI=1S/C21H25BrN2O/c1-15-8-9-20(11-16(15)2)23-21(25)18-6-4-10-24(14-18)13-17-5-3-7-19(22)12-17/h3,5,7-9,11-12,18H,4,6,10,13-14H2,1-2H3,(H,23,25). The van der Waals surface area contributed by atoms with Gasteiger partial charge >= 0.3 is 0 Å². The van der Waals surface area contributed by atoms with Crippen molar-refractivity contribution in [3.05, 3.63) is 63.6 Å². The zero-order valence-electron chi connectivity index (χ0n) is 14.9. The van der Waals surface area contributed by atoms with Gasteiger partial charge in [0, 0.05) is 23.2 Å². The number of amides is 1. The Morgan fingerprint density at radius 3 is 2.80 bits per heavy atom. The van der Waals surface area contributed by atoms with Gasteiger partial charge in [-0.3, -0.25) is 9.69 Å². The van der Waals surface area contributed by atoms with Gasteiger partial charge in [-0.2, -0.15) is 0 Å². The number of nitrogens with zero attached hydrogens (tertiary/aromatic N) is 1. The fourth-order valence-electron chi connectivity index (χ4n) is 3.37. The second-order valence-electron chi connectivity index (χ2n) is 6.99. The first kappa shape index (κ1) is 18.2. The molecule has 1 aliphatic rings. The van der Waals surface area contributed by atoms with Gasteiger partial charge in [0.1, 0.15) is 0 Å². The maximum atomic E-state index is 12.7. The Morgan fingerprint density at radius 1 is 1.20 bits per heavy atom. The molecule has 1 saturated heterocycles. The van der Waals surface area contributed by atoms with E-state index in [-0.39, 0.29) is 11.8 Å². The molecule has 0 saturated carbocycles. The number of nitrogens with one attached hydrogen (secondary N) is 1. The molecule has 0 radical (unpaired) electrons. The summed E-state index contributed by atoms with van der Waals surface area (Å²) in [6, 6.07) is 14.5. The molecule has 132 valence electrons. The minimum Gasteiger partial charge on any atom is -0.326 e. The zero-order chi connectivity index (χ0) is 17.8. The van der Waals surface area contributed by atoms with E-state index in [0.29, 0.717) is 0 Å². The maximum Gasteiger partial charge on any atom is 0.228 e. The van der Waals surface area contributed by atoms with Gasteiger partial charge in [-0.25, -0.2) is 0 Å². The van der Waals surface area contributed by atoms with Crippen LogP contribution in [-0.4, -0.2) is 23.9 Å². The molecule has 1 unspecified atom stereocenters. The van der Waals surface area contributed by atoms with Crippen LogP contribution in [0, 0.1) is 19.8 Å². The van der Waals surface area contributed by atoms with Gasteiger partial charge in [0.2, 0.25) is 5.91 Å². The molecule has 0 aromatic heterocycles. The van der Waals surface area contributed by atoms with E-state index in [1.807, 2.05) is 12.1 Å². The Kier molecular flexibility index (Phi) is 5.92. The maximum absolute atomic E-state index is 12.7. The highest BCUT2D eigenvalue weighted by atomic mass is 79.9. The first-order valence-electron chi connectivity index (χ1n) is 8.86. The van der Waals surface area contributed by atoms with Crippen LogP contribution in [0.15, 0.2) is 46.9 Å². The third kappa shape index (κ3) is 4.93. The van der Waals surface area contributed by atoms with Crippen molar-refractivity contribution in [2.75, 3.05) is 18.4 Å². The van der Waals surface area contributed by atoms with Gasteiger partial charge in [-0.15, -0.1) is 0 Å². The molecule has 0 aliphatic carbocycles. The number of likely N-dealkylation sites (tertiary alicyclic amines) is 1. The van der Waals surface area contributed by atoms with E-state index in [1.165, 1.54) is 16.7 Å². The normalized spacial score (nSPS) is 18.1. The summed E-state index contributed by atoms with van der Waals surface area (Å²) in [5.74, 6) is 0.199. The van der Waals surface area contributed by atoms with Crippen LogP contribution in [0.25, 0.3) is 0 Å². The van der Waals surface area contributed by atoms with Crippen LogP contribution in [0.2, 0.25) is 0 Å². The second kappa shape index (κ2) is 8.15. The smallest absolute Gasteiger partial charge is 0.228 e. The van der Waals surface area contributed by atoms with Crippen molar-refractivity contribution < 1.29 is 4.79 Å². The van der Waals surface area contributed by atoms with E-state index < -0.39 is 0 Å². The lowest BCUT2D eigenvalue weighted by Crippen LogP contribution is -2.40. The Hall–Kier alpha value is -1.65. The number of carbonyl (C=O) groups excluding carboxylic acids is 1. The number of hydrogen-bond donors (Lipinski definition) is 1. The molecule has 3 nitrogen and oxygen atoms in total. The number of benzene rings is 2. The van der Waals surface area contributed by atoms with Crippen LogP contribution in [0.3, 0.4) is 0 Å². The molecule has 1 heterocycles. The zero-order valence-corrected chi connectivity index (χ0v) is 16.5. The summed E-state index contributed by atoms with van der Waals surface area (Å²) in [6.45, 7) is 6.93. The molecule has 1 aliphatic heterocycles. The van der Waals surface area contributed by atoms with Crippen molar-refractivity contribution in [1.29, 1.82) is 0 Å². The number of aryl methyl sites for hydroxylation is 2. The fraction of sp³-hybridized carbons (Fsp3) is 0.381. The van der Waals surface area contributed by atoms with Crippen molar-refractivity contribution in [3.63, 3.8) is 0 Å². The lowest BCUT2D eigenvalue weighted by Gasteiger charge is -2.32. The van der Waals surface area contributed by atoms with E-state index in [4.69, 9.17) is 0 Å². The summed E-state index contributed by atoms with van der Waals surface area (Å²) in [6.07, 6.45) is 2.03. The Labute approximate surface area is 158 Å². The monoisotopic (exact) mass is 400 g/mol. The minimum absolute atomic E-state index is 0.0579. The van der Waals surface area contributed by atoms with E-state index in [0.717, 1.165) is 42.6 Å². The van der Waals surface area contributed by atoms with Crippen LogP contribution in [-0.2, 0) is 11.3 Å². The fourth-order valence-corrected chi connectivity index (χ4v) is 3.82. The number of hydrogen-bond acceptors (Lipinski definition) is 2. The number of piperidine rings is 1. The third-order valence-electron chi connectivity index (χ3n) is 4.95. The molecule has 1 N–H and O–H groups in total. The molecule has 4 heteroatoms. The van der Waals surface area contributed by atoms with Crippen molar-refractivity contribution >= 4 is 27.5 Å². The van der Waals surface area contributed by atoms with E-state index >= 15 is 0 Å². The first-order valence-corrected chi connectivity index (χ1v) is 9.65. The Bertz CT molecular complexity index is 759. The highest BCUT2D eigenvalue weighted by Crippen LogP contribution is 2.22. The first-order chi connectivity index (χ1) is 12.0. The van der Waals surface area contributed by atoms with Crippen molar-refractivity contribution in [1.82, 2.24) is 4.90 Å². The lowest BCUT2D eigenvalue weighted by atomic mass is 9.96. The molecule has 3 rings (SSSR count). The van der Waals surface area contributed by atoms with Crippen LogP contribution in [0.5, 0.6) is 0 Å². The van der Waals surface area contributed by atoms with Gasteiger partial charge < -0.3 is 5.32 Å². The van der Waals surface area contributed by atoms with Gasteiger partial charge in [0.05, 0.1) is 5.92 Å². The quantitative estimate of drug-likeness (QED) is 0.789. The van der Waals surface area contributed by atoms with E-state index in [1.54, 1.807) is 0 Å². The minimum atomic E-state index is 0.0579. The molecule has 1 amide bonds. The molecular formula is C21H25BrN2O. The summed E-state index contributed by atoms with van der Waals surface area (Å²) < 4.78 is 1.10. The van der Waals surface area contributed by atoms with E-state index in [9.17, 15) is 4.79 Å². The number of anilines is 1. The van der Waals surface area contributed by atoms with Crippen LogP contribution >= 0.6 is 15.9 Å². The number of carbonyl (C=O) groups is 1. The van der Waals surface area contributed by atoms with Crippen molar-refractivity contribution in [3.8, 4) is 0 Å². The molecule has 1 fully saturated rings.